The summed E-state index contributed by atoms with van der Waals surface area (Å²) in [6.07, 6.45) is 0. The van der Waals surface area contributed by atoms with Crippen molar-refractivity contribution < 1.29 is 14.4 Å². The van der Waals surface area contributed by atoms with Gasteiger partial charge in [-0.25, -0.2) is 4.79 Å². The molecule has 0 saturated carbocycles. The van der Waals surface area contributed by atoms with Crippen LogP contribution in [0.5, 0.6) is 0 Å². The van der Waals surface area contributed by atoms with Gasteiger partial charge in [-0.3, -0.25) is 0 Å². The molecular weight excluding hydrogens is 232 g/mol. The Hall–Kier alpha value is -2.61. The number of rotatable bonds is 2. The highest BCUT2D eigenvalue weighted by molar-refractivity contribution is 5.86. The lowest BCUT2D eigenvalue weighted by Crippen LogP contribution is -1.92. The van der Waals surface area contributed by atoms with Gasteiger partial charge in [-0.2, -0.15) is 5.26 Å². The molecule has 1 aromatic heterocycles. The molecule has 18 heavy (non-hydrogen) atoms. The van der Waals surface area contributed by atoms with Gasteiger partial charge in [-0.1, -0.05) is 5.16 Å². The Morgan fingerprint density at radius 2 is 2.11 bits per heavy atom. The molecule has 0 amide bonds. The average molecular weight is 242 g/mol. The molecule has 2 rings (SSSR count). The van der Waals surface area contributed by atoms with Gasteiger partial charge in [0.25, 0.3) is 0 Å². The zero-order valence-corrected chi connectivity index (χ0v) is 9.89. The number of carboxylic acids is 1. The SMILES string of the molecule is Cc1cc(C#N)cc(-c2cc(C(=O)O)on2)c1C. The fraction of sp³-hybridized carbons (Fsp3) is 0.154. The van der Waals surface area contributed by atoms with Crippen molar-refractivity contribution >= 4 is 5.97 Å². The maximum Gasteiger partial charge on any atom is 0.374 e. The molecule has 1 N–H and O–H groups in total. The first-order valence-electron chi connectivity index (χ1n) is 5.24. The van der Waals surface area contributed by atoms with E-state index in [1.807, 2.05) is 13.8 Å². The van der Waals surface area contributed by atoms with Gasteiger partial charge >= 0.3 is 5.97 Å². The van der Waals surface area contributed by atoms with Crippen LogP contribution in [0.15, 0.2) is 22.7 Å². The Labute approximate surface area is 103 Å². The first kappa shape index (κ1) is 11.9. The highest BCUT2D eigenvalue weighted by atomic mass is 16.5. The molecule has 0 bridgehead atoms. The number of carboxylic acid groups (broad SMARTS) is 1. The minimum absolute atomic E-state index is 0.218. The molecule has 0 aliphatic carbocycles. The first-order valence-corrected chi connectivity index (χ1v) is 5.24. The normalized spacial score (nSPS) is 10.1. The van der Waals surface area contributed by atoms with E-state index in [9.17, 15) is 4.79 Å². The fourth-order valence-corrected chi connectivity index (χ4v) is 1.69. The molecule has 1 heterocycles. The third-order valence-corrected chi connectivity index (χ3v) is 2.79. The zero-order valence-electron chi connectivity index (χ0n) is 9.89. The molecule has 2 aromatic rings. The van der Waals surface area contributed by atoms with Gasteiger partial charge < -0.3 is 9.63 Å². The maximum absolute atomic E-state index is 10.7. The van der Waals surface area contributed by atoms with E-state index in [0.29, 0.717) is 16.8 Å². The molecule has 0 unspecified atom stereocenters. The number of nitriles is 1. The van der Waals surface area contributed by atoms with E-state index in [0.717, 1.165) is 11.1 Å². The van der Waals surface area contributed by atoms with E-state index in [-0.39, 0.29) is 5.76 Å². The summed E-state index contributed by atoms with van der Waals surface area (Å²) in [6.45, 7) is 3.78. The van der Waals surface area contributed by atoms with E-state index in [1.165, 1.54) is 6.07 Å². The second-order valence-corrected chi connectivity index (χ2v) is 3.96. The molecule has 0 atom stereocenters. The van der Waals surface area contributed by atoms with Gasteiger partial charge in [-0.05, 0) is 37.1 Å². The summed E-state index contributed by atoms with van der Waals surface area (Å²) in [6, 6.07) is 6.86. The second-order valence-electron chi connectivity index (χ2n) is 3.96. The van der Waals surface area contributed by atoms with Crippen LogP contribution in [0.4, 0.5) is 0 Å². The lowest BCUT2D eigenvalue weighted by molar-refractivity contribution is 0.0652. The number of aromatic carboxylic acids is 1. The molecule has 0 fully saturated rings. The summed E-state index contributed by atoms with van der Waals surface area (Å²) in [7, 11) is 0. The molecule has 1 aromatic carbocycles. The van der Waals surface area contributed by atoms with Crippen molar-refractivity contribution in [2.45, 2.75) is 13.8 Å². The van der Waals surface area contributed by atoms with Crippen molar-refractivity contribution in [1.29, 1.82) is 5.26 Å². The van der Waals surface area contributed by atoms with Crippen LogP contribution in [0.3, 0.4) is 0 Å². The lowest BCUT2D eigenvalue weighted by Gasteiger charge is -2.06. The number of hydrogen-bond acceptors (Lipinski definition) is 4. The van der Waals surface area contributed by atoms with E-state index in [1.54, 1.807) is 12.1 Å². The molecule has 0 aliphatic rings. The molecule has 0 radical (unpaired) electrons. The van der Waals surface area contributed by atoms with E-state index in [2.05, 4.69) is 11.2 Å². The minimum atomic E-state index is -1.17. The summed E-state index contributed by atoms with van der Waals surface area (Å²) in [5.74, 6) is -1.39. The van der Waals surface area contributed by atoms with Gasteiger partial charge in [0.15, 0.2) is 0 Å². The average Bonchev–Trinajstić information content (AvgIpc) is 2.82. The molecule has 0 saturated heterocycles. The van der Waals surface area contributed by atoms with Crippen LogP contribution in [-0.4, -0.2) is 16.2 Å². The summed E-state index contributed by atoms with van der Waals surface area (Å²) in [4.78, 5) is 10.7. The van der Waals surface area contributed by atoms with Crippen molar-refractivity contribution in [3.05, 3.63) is 40.6 Å². The predicted octanol–water partition coefficient (Wildman–Crippen LogP) is 2.53. The van der Waals surface area contributed by atoms with Crippen molar-refractivity contribution in [3.63, 3.8) is 0 Å². The topological polar surface area (TPSA) is 87.1 Å². The van der Waals surface area contributed by atoms with Gasteiger partial charge in [0.05, 0.1) is 11.6 Å². The van der Waals surface area contributed by atoms with Crippen LogP contribution in [0, 0.1) is 25.2 Å². The summed E-state index contributed by atoms with van der Waals surface area (Å²) in [5, 5.41) is 21.4. The maximum atomic E-state index is 10.7. The minimum Gasteiger partial charge on any atom is -0.475 e. The largest absolute Gasteiger partial charge is 0.475 e. The van der Waals surface area contributed by atoms with Gasteiger partial charge in [0.2, 0.25) is 5.76 Å². The smallest absolute Gasteiger partial charge is 0.374 e. The van der Waals surface area contributed by atoms with Crippen LogP contribution in [0.2, 0.25) is 0 Å². The van der Waals surface area contributed by atoms with Crippen LogP contribution in [0.1, 0.15) is 27.2 Å². The van der Waals surface area contributed by atoms with Crippen LogP contribution in [-0.2, 0) is 0 Å². The standard InChI is InChI=1S/C13H10N2O3/c1-7-3-9(6-14)4-10(8(7)2)11-5-12(13(16)17)18-15-11/h3-5H,1-2H3,(H,16,17). The van der Waals surface area contributed by atoms with Gasteiger partial charge in [0.1, 0.15) is 5.69 Å². The van der Waals surface area contributed by atoms with Gasteiger partial charge in [-0.15, -0.1) is 0 Å². The molecule has 5 heteroatoms. The highest BCUT2D eigenvalue weighted by Crippen LogP contribution is 2.26. The third kappa shape index (κ3) is 1.96. The lowest BCUT2D eigenvalue weighted by atomic mass is 9.98. The van der Waals surface area contributed by atoms with Crippen LogP contribution >= 0.6 is 0 Å². The molecular formula is C13H10N2O3. The zero-order chi connectivity index (χ0) is 13.3. The number of hydrogen-bond donors (Lipinski definition) is 1. The highest BCUT2D eigenvalue weighted by Gasteiger charge is 2.15. The van der Waals surface area contributed by atoms with E-state index >= 15 is 0 Å². The van der Waals surface area contributed by atoms with Crippen molar-refractivity contribution in [2.24, 2.45) is 0 Å². The fourth-order valence-electron chi connectivity index (χ4n) is 1.69. The number of nitrogens with zero attached hydrogens (tertiary/aromatic N) is 2. The molecule has 90 valence electrons. The molecule has 0 spiro atoms. The van der Waals surface area contributed by atoms with E-state index < -0.39 is 5.97 Å². The Morgan fingerprint density at radius 3 is 2.67 bits per heavy atom. The number of aromatic nitrogens is 1. The Kier molecular flexibility index (Phi) is 2.86. The van der Waals surface area contributed by atoms with Gasteiger partial charge in [0, 0.05) is 11.6 Å². The number of benzene rings is 1. The van der Waals surface area contributed by atoms with Crippen LogP contribution in [0.25, 0.3) is 11.3 Å². The Bertz CT molecular complexity index is 665. The van der Waals surface area contributed by atoms with Crippen molar-refractivity contribution in [1.82, 2.24) is 5.16 Å². The van der Waals surface area contributed by atoms with Crippen LogP contribution < -0.4 is 0 Å². The Morgan fingerprint density at radius 1 is 1.39 bits per heavy atom. The third-order valence-electron chi connectivity index (χ3n) is 2.79. The monoisotopic (exact) mass is 242 g/mol. The number of aryl methyl sites for hydroxylation is 1. The summed E-state index contributed by atoms with van der Waals surface area (Å²) >= 11 is 0. The van der Waals surface area contributed by atoms with Crippen molar-refractivity contribution in [3.8, 4) is 17.3 Å². The molecule has 5 nitrogen and oxygen atoms in total. The predicted molar refractivity (Wildman–Crippen MR) is 63.1 cm³/mol. The van der Waals surface area contributed by atoms with Crippen molar-refractivity contribution in [2.75, 3.05) is 0 Å². The first-order chi connectivity index (χ1) is 8.52. The quantitative estimate of drug-likeness (QED) is 0.874. The number of carbonyl (C=O) groups is 1. The Balaban J connectivity index is 2.59. The second kappa shape index (κ2) is 4.34. The van der Waals surface area contributed by atoms with E-state index in [4.69, 9.17) is 14.9 Å². The molecule has 0 aliphatic heterocycles. The summed E-state index contributed by atoms with van der Waals surface area (Å²) in [5.41, 5.74) is 3.53. The summed E-state index contributed by atoms with van der Waals surface area (Å²) < 4.78 is 4.72.